The van der Waals surface area contributed by atoms with Gasteiger partial charge in [0, 0.05) is 43.1 Å². The number of likely N-dealkylation sites (N-methyl/N-ethyl adjacent to an activating group) is 1. The first-order valence-corrected chi connectivity index (χ1v) is 8.27. The highest BCUT2D eigenvalue weighted by Gasteiger charge is 2.55. The molecule has 4 fully saturated rings. The molecule has 114 valence electrons. The molecule has 4 atom stereocenters. The van der Waals surface area contributed by atoms with E-state index in [9.17, 15) is 0 Å². The molecule has 0 amide bonds. The van der Waals surface area contributed by atoms with Crippen LogP contribution >= 0.6 is 0 Å². The topological polar surface area (TPSA) is 24.9 Å². The van der Waals surface area contributed by atoms with Gasteiger partial charge in [0.25, 0.3) is 0 Å². The van der Waals surface area contributed by atoms with Crippen molar-refractivity contribution < 1.29 is 9.47 Å². The molecule has 3 aliphatic heterocycles. The largest absolute Gasteiger partial charge is 0.381 e. The Morgan fingerprint density at radius 1 is 1.15 bits per heavy atom. The Morgan fingerprint density at radius 2 is 1.95 bits per heavy atom. The highest BCUT2D eigenvalue weighted by atomic mass is 16.5. The number of hydrogen-bond acceptors (Lipinski definition) is 4. The van der Waals surface area contributed by atoms with Crippen molar-refractivity contribution in [2.45, 2.75) is 50.4 Å². The molecule has 1 aliphatic carbocycles. The fraction of sp³-hybridized carbons (Fsp3) is 1.00. The number of rotatable bonds is 2. The van der Waals surface area contributed by atoms with E-state index >= 15 is 0 Å². The van der Waals surface area contributed by atoms with E-state index in [1.807, 2.05) is 0 Å². The lowest BCUT2D eigenvalue weighted by molar-refractivity contribution is -0.0962. The van der Waals surface area contributed by atoms with E-state index < -0.39 is 0 Å². The summed E-state index contributed by atoms with van der Waals surface area (Å²) in [4.78, 5) is 5.30. The Kier molecular flexibility index (Phi) is 3.15. The lowest BCUT2D eigenvalue weighted by Gasteiger charge is -2.45. The van der Waals surface area contributed by atoms with Crippen molar-refractivity contribution in [2.75, 3.05) is 40.0 Å². The second-order valence-corrected chi connectivity index (χ2v) is 7.72. The van der Waals surface area contributed by atoms with Crippen molar-refractivity contribution in [3.8, 4) is 0 Å². The zero-order valence-corrected chi connectivity index (χ0v) is 13.0. The Morgan fingerprint density at radius 3 is 2.60 bits per heavy atom. The van der Waals surface area contributed by atoms with Gasteiger partial charge in [-0.05, 0) is 33.7 Å². The minimum atomic E-state index is 0.234. The third-order valence-electron chi connectivity index (χ3n) is 6.04. The molecule has 0 aromatic rings. The third-order valence-corrected chi connectivity index (χ3v) is 6.04. The van der Waals surface area contributed by atoms with E-state index in [1.165, 1.54) is 19.4 Å². The molecule has 1 saturated carbocycles. The molecule has 20 heavy (non-hydrogen) atoms. The van der Waals surface area contributed by atoms with Crippen LogP contribution in [-0.2, 0) is 9.47 Å². The van der Waals surface area contributed by atoms with E-state index in [2.05, 4.69) is 30.7 Å². The van der Waals surface area contributed by atoms with Gasteiger partial charge in [0.05, 0.1) is 25.4 Å². The van der Waals surface area contributed by atoms with Crippen molar-refractivity contribution in [3.63, 3.8) is 0 Å². The first-order valence-electron chi connectivity index (χ1n) is 8.27. The summed E-state index contributed by atoms with van der Waals surface area (Å²) in [6, 6.07) is 1.78. The quantitative estimate of drug-likeness (QED) is 0.759. The number of morpholine rings is 1. The van der Waals surface area contributed by atoms with E-state index in [0.717, 1.165) is 32.3 Å². The summed E-state index contributed by atoms with van der Waals surface area (Å²) in [5.41, 5.74) is 0.234. The van der Waals surface area contributed by atoms with Gasteiger partial charge in [0.2, 0.25) is 0 Å². The second kappa shape index (κ2) is 4.67. The molecule has 0 radical (unpaired) electrons. The number of nitrogens with zero attached hydrogens (tertiary/aromatic N) is 2. The summed E-state index contributed by atoms with van der Waals surface area (Å²) in [5.74, 6) is 1.45. The van der Waals surface area contributed by atoms with Crippen molar-refractivity contribution >= 4 is 0 Å². The molecule has 0 aromatic heterocycles. The summed E-state index contributed by atoms with van der Waals surface area (Å²) < 4.78 is 12.0. The minimum Gasteiger partial charge on any atom is -0.381 e. The lowest BCUT2D eigenvalue weighted by atomic mass is 9.88. The van der Waals surface area contributed by atoms with Crippen molar-refractivity contribution in [1.82, 2.24) is 9.80 Å². The fourth-order valence-electron chi connectivity index (χ4n) is 4.69. The number of fused-ring (bicyclic) bond motifs is 1. The molecule has 4 unspecified atom stereocenters. The average Bonchev–Trinajstić information content (AvgIpc) is 2.86. The summed E-state index contributed by atoms with van der Waals surface area (Å²) in [7, 11) is 2.30. The molecule has 0 bridgehead atoms. The van der Waals surface area contributed by atoms with Crippen LogP contribution in [0.25, 0.3) is 0 Å². The van der Waals surface area contributed by atoms with Crippen LogP contribution in [0.2, 0.25) is 0 Å². The predicted octanol–water partition coefficient (Wildman–Crippen LogP) is 1.20. The molecule has 4 rings (SSSR count). The maximum absolute atomic E-state index is 6.24. The van der Waals surface area contributed by atoms with Crippen molar-refractivity contribution in [2.24, 2.45) is 11.8 Å². The maximum atomic E-state index is 6.24. The molecule has 4 nitrogen and oxygen atoms in total. The van der Waals surface area contributed by atoms with Gasteiger partial charge in [0.1, 0.15) is 0 Å². The predicted molar refractivity (Wildman–Crippen MR) is 77.8 cm³/mol. The molecule has 4 aliphatic rings. The highest BCUT2D eigenvalue weighted by Crippen LogP contribution is 2.46. The first kappa shape index (κ1) is 13.5. The van der Waals surface area contributed by atoms with Gasteiger partial charge in [-0.3, -0.25) is 9.80 Å². The first-order chi connectivity index (χ1) is 9.60. The highest BCUT2D eigenvalue weighted by molar-refractivity contribution is 5.08. The zero-order chi connectivity index (χ0) is 13.9. The van der Waals surface area contributed by atoms with E-state index in [4.69, 9.17) is 9.47 Å². The van der Waals surface area contributed by atoms with E-state index in [0.29, 0.717) is 24.0 Å². The van der Waals surface area contributed by atoms with E-state index in [-0.39, 0.29) is 5.60 Å². The zero-order valence-electron chi connectivity index (χ0n) is 13.0. The van der Waals surface area contributed by atoms with Crippen LogP contribution in [-0.4, -0.2) is 73.5 Å². The average molecular weight is 280 g/mol. The van der Waals surface area contributed by atoms with Crippen LogP contribution < -0.4 is 0 Å². The van der Waals surface area contributed by atoms with Crippen molar-refractivity contribution in [3.05, 3.63) is 0 Å². The van der Waals surface area contributed by atoms with Crippen LogP contribution in [0.1, 0.15) is 26.7 Å². The van der Waals surface area contributed by atoms with Crippen LogP contribution in [0.3, 0.4) is 0 Å². The monoisotopic (exact) mass is 280 g/mol. The number of likely N-dealkylation sites (tertiary alicyclic amines) is 1. The SMILES string of the molecule is CC(C)N1CC2COCC2C1C1COC2(CC2)CN1C. The molecule has 1 spiro atoms. The summed E-state index contributed by atoms with van der Waals surface area (Å²) in [6.45, 7) is 9.83. The van der Waals surface area contributed by atoms with Crippen molar-refractivity contribution in [1.29, 1.82) is 0 Å². The van der Waals surface area contributed by atoms with Crippen LogP contribution in [0.4, 0.5) is 0 Å². The summed E-state index contributed by atoms with van der Waals surface area (Å²) in [5, 5.41) is 0. The van der Waals surface area contributed by atoms with E-state index in [1.54, 1.807) is 0 Å². The van der Waals surface area contributed by atoms with Gasteiger partial charge < -0.3 is 9.47 Å². The Bertz CT molecular complexity index is 383. The van der Waals surface area contributed by atoms with Gasteiger partial charge in [-0.25, -0.2) is 0 Å². The van der Waals surface area contributed by atoms with Crippen LogP contribution in [0, 0.1) is 11.8 Å². The normalized spacial score (nSPS) is 44.4. The Balaban J connectivity index is 1.55. The Hall–Kier alpha value is -0.160. The molecular formula is C16H28N2O2. The standard InChI is InChI=1S/C16H28N2O2/c1-11(2)18-6-12-7-19-8-13(12)15(18)14-9-20-16(4-5-16)10-17(14)3/h11-15H,4-10H2,1-3H3. The summed E-state index contributed by atoms with van der Waals surface area (Å²) >= 11 is 0. The molecule has 3 heterocycles. The Labute approximate surface area is 122 Å². The van der Waals surface area contributed by atoms with Crippen LogP contribution in [0.15, 0.2) is 0 Å². The molecule has 0 N–H and O–H groups in total. The number of ether oxygens (including phenoxy) is 2. The third kappa shape index (κ3) is 2.04. The molecule has 3 saturated heterocycles. The fourth-order valence-corrected chi connectivity index (χ4v) is 4.69. The molecular weight excluding hydrogens is 252 g/mol. The second-order valence-electron chi connectivity index (χ2n) is 7.72. The molecule has 4 heteroatoms. The maximum Gasteiger partial charge on any atom is 0.0811 e. The van der Waals surface area contributed by atoms with Gasteiger partial charge >= 0.3 is 0 Å². The minimum absolute atomic E-state index is 0.234. The van der Waals surface area contributed by atoms with Gasteiger partial charge in [0.15, 0.2) is 0 Å². The lowest BCUT2D eigenvalue weighted by Crippen LogP contribution is -2.59. The van der Waals surface area contributed by atoms with Crippen LogP contribution in [0.5, 0.6) is 0 Å². The summed E-state index contributed by atoms with van der Waals surface area (Å²) in [6.07, 6.45) is 2.52. The number of hydrogen-bond donors (Lipinski definition) is 0. The van der Waals surface area contributed by atoms with Gasteiger partial charge in [-0.15, -0.1) is 0 Å². The molecule has 0 aromatic carbocycles. The van der Waals surface area contributed by atoms with Gasteiger partial charge in [-0.2, -0.15) is 0 Å². The van der Waals surface area contributed by atoms with Gasteiger partial charge in [-0.1, -0.05) is 0 Å². The smallest absolute Gasteiger partial charge is 0.0811 e.